The van der Waals surface area contributed by atoms with Gasteiger partial charge in [-0.2, -0.15) is 0 Å². The van der Waals surface area contributed by atoms with Crippen molar-refractivity contribution < 1.29 is 29.0 Å². The summed E-state index contributed by atoms with van der Waals surface area (Å²) < 4.78 is 12.0. The third kappa shape index (κ3) is 5.43. The Hall–Kier alpha value is -4.40. The molecule has 42 heavy (non-hydrogen) atoms. The number of carboxylic acids is 1. The highest BCUT2D eigenvalue weighted by molar-refractivity contribution is 5.94. The Balaban J connectivity index is 1.31. The number of pyridine rings is 1. The number of nitrogens with zero attached hydrogens (tertiary/aromatic N) is 1. The van der Waals surface area contributed by atoms with Gasteiger partial charge in [0.25, 0.3) is 0 Å². The minimum Gasteiger partial charge on any atom is -0.497 e. The van der Waals surface area contributed by atoms with Crippen LogP contribution in [0.15, 0.2) is 66.7 Å². The highest BCUT2D eigenvalue weighted by atomic mass is 16.5. The minimum atomic E-state index is -1.32. The Morgan fingerprint density at radius 2 is 1.81 bits per heavy atom. The number of rotatable bonds is 5. The molecule has 1 aromatic heterocycles. The van der Waals surface area contributed by atoms with E-state index in [9.17, 15) is 19.5 Å². The first-order valence-electron chi connectivity index (χ1n) is 14.6. The fraction of sp³-hybridized carbons (Fsp3) is 0.394. The van der Waals surface area contributed by atoms with Gasteiger partial charge in [0.15, 0.2) is 0 Å². The van der Waals surface area contributed by atoms with Crippen LogP contribution in [0.5, 0.6) is 11.5 Å². The van der Waals surface area contributed by atoms with Crippen LogP contribution in [0.4, 0.5) is 0 Å². The van der Waals surface area contributed by atoms with Crippen LogP contribution in [0.1, 0.15) is 38.5 Å². The predicted molar refractivity (Wildman–Crippen MR) is 157 cm³/mol. The number of nitrogens with one attached hydrogen (secondary N) is 2. The third-order valence-corrected chi connectivity index (χ3v) is 8.74. The van der Waals surface area contributed by atoms with Crippen molar-refractivity contribution in [1.29, 1.82) is 0 Å². The number of carbonyl (C=O) groups excluding carboxylic acids is 2. The molecule has 9 heteroatoms. The van der Waals surface area contributed by atoms with Crippen LogP contribution in [0.25, 0.3) is 22.2 Å². The lowest BCUT2D eigenvalue weighted by Gasteiger charge is -2.22. The summed E-state index contributed by atoms with van der Waals surface area (Å²) in [6.07, 6.45) is 6.94. The van der Waals surface area contributed by atoms with Gasteiger partial charge in [0.05, 0.1) is 30.2 Å². The Labute approximate surface area is 244 Å². The topological polar surface area (TPSA) is 127 Å². The van der Waals surface area contributed by atoms with Gasteiger partial charge in [-0.3, -0.25) is 9.59 Å². The van der Waals surface area contributed by atoms with Crippen LogP contribution in [0, 0.1) is 17.8 Å². The quantitative estimate of drug-likeness (QED) is 0.386. The van der Waals surface area contributed by atoms with Gasteiger partial charge in [0.1, 0.15) is 23.1 Å². The molecule has 2 saturated carbocycles. The van der Waals surface area contributed by atoms with E-state index in [0.717, 1.165) is 35.9 Å². The highest BCUT2D eigenvalue weighted by Gasteiger charge is 2.61. The number of aromatic nitrogens is 1. The number of benzene rings is 2. The average Bonchev–Trinajstić information content (AvgIpc) is 3.53. The number of hydrogen-bond donors (Lipinski definition) is 3. The van der Waals surface area contributed by atoms with Crippen molar-refractivity contribution in [3.8, 4) is 22.8 Å². The number of ether oxygens (including phenoxy) is 2. The fourth-order valence-corrected chi connectivity index (χ4v) is 6.27. The number of carboxylic acid groups (broad SMARTS) is 1. The predicted octanol–water partition coefficient (Wildman–Crippen LogP) is 4.50. The molecule has 2 amide bonds. The molecule has 0 spiro atoms. The summed E-state index contributed by atoms with van der Waals surface area (Å²) in [5, 5.41) is 16.6. The number of amides is 2. The second-order valence-corrected chi connectivity index (χ2v) is 11.5. The zero-order valence-electron chi connectivity index (χ0n) is 23.5. The maximum Gasteiger partial charge on any atom is 0.330 e. The molecule has 2 fully saturated rings. The molecule has 218 valence electrons. The Morgan fingerprint density at radius 3 is 2.57 bits per heavy atom. The van der Waals surface area contributed by atoms with Crippen LogP contribution in [0.2, 0.25) is 0 Å². The van der Waals surface area contributed by atoms with Crippen LogP contribution in [-0.2, 0) is 14.4 Å². The number of carbonyl (C=O) groups is 3. The van der Waals surface area contributed by atoms with Crippen molar-refractivity contribution >= 4 is 28.7 Å². The van der Waals surface area contributed by atoms with E-state index in [1.54, 1.807) is 7.11 Å². The standard InChI is InChI=1S/C33H35N3O6/c1-41-22-12-13-24-28(17-22)35-27(20-9-5-4-6-10-20)18-29(24)42-23-15-25-26(16-23)31(38)36-33(32(39)40)19-21(33)11-7-2-3-8-14-34-30(25)37/h4-7,9-13,17-18,21,23,25-26H,2-3,8,14-16,19H2,1H3,(H,34,37)(H,36,38)(H,39,40). The van der Waals surface area contributed by atoms with E-state index >= 15 is 0 Å². The molecule has 0 radical (unpaired) electrons. The van der Waals surface area contributed by atoms with Crippen molar-refractivity contribution in [3.05, 3.63) is 66.7 Å². The van der Waals surface area contributed by atoms with Crippen LogP contribution in [-0.4, -0.2) is 53.2 Å². The monoisotopic (exact) mass is 569 g/mol. The highest BCUT2D eigenvalue weighted by Crippen LogP contribution is 2.46. The summed E-state index contributed by atoms with van der Waals surface area (Å²) in [6.45, 7) is 0.531. The van der Waals surface area contributed by atoms with E-state index in [0.29, 0.717) is 42.8 Å². The summed E-state index contributed by atoms with van der Waals surface area (Å²) >= 11 is 0. The average molecular weight is 570 g/mol. The second kappa shape index (κ2) is 11.5. The first kappa shape index (κ1) is 27.8. The van der Waals surface area contributed by atoms with Crippen molar-refractivity contribution in [3.63, 3.8) is 0 Å². The molecule has 5 atom stereocenters. The van der Waals surface area contributed by atoms with Gasteiger partial charge in [-0.05, 0) is 50.7 Å². The molecular formula is C33H35N3O6. The molecule has 3 N–H and O–H groups in total. The molecule has 5 unspecified atom stereocenters. The smallest absolute Gasteiger partial charge is 0.330 e. The summed E-state index contributed by atoms with van der Waals surface area (Å²) in [6, 6.07) is 17.3. The molecule has 2 aromatic carbocycles. The molecule has 3 aromatic rings. The van der Waals surface area contributed by atoms with Crippen LogP contribution in [0.3, 0.4) is 0 Å². The number of aliphatic carboxylic acids is 1. The maximum atomic E-state index is 13.6. The first-order valence-corrected chi connectivity index (χ1v) is 14.6. The Kier molecular flexibility index (Phi) is 7.58. The lowest BCUT2D eigenvalue weighted by atomic mass is 9.93. The third-order valence-electron chi connectivity index (χ3n) is 8.74. The normalized spacial score (nSPS) is 27.6. The van der Waals surface area contributed by atoms with Crippen LogP contribution >= 0.6 is 0 Å². The minimum absolute atomic E-state index is 0.195. The Morgan fingerprint density at radius 1 is 1.02 bits per heavy atom. The largest absolute Gasteiger partial charge is 0.497 e. The summed E-state index contributed by atoms with van der Waals surface area (Å²) in [5.74, 6) is -1.96. The number of allylic oxidation sites excluding steroid dienone is 1. The molecule has 2 heterocycles. The van der Waals surface area contributed by atoms with Gasteiger partial charge in [-0.1, -0.05) is 42.5 Å². The summed E-state index contributed by atoms with van der Waals surface area (Å²) in [7, 11) is 1.60. The van der Waals surface area contributed by atoms with Gasteiger partial charge in [-0.25, -0.2) is 9.78 Å². The molecule has 6 rings (SSSR count). The summed E-state index contributed by atoms with van der Waals surface area (Å²) in [5.41, 5.74) is 1.05. The van der Waals surface area contributed by atoms with Gasteiger partial charge in [-0.15, -0.1) is 0 Å². The van der Waals surface area contributed by atoms with Crippen molar-refractivity contribution in [1.82, 2.24) is 15.6 Å². The lowest BCUT2D eigenvalue weighted by molar-refractivity contribution is -0.144. The van der Waals surface area contributed by atoms with E-state index in [2.05, 4.69) is 10.6 Å². The number of fused-ring (bicyclic) bond motifs is 3. The lowest BCUT2D eigenvalue weighted by Crippen LogP contribution is -2.49. The van der Waals surface area contributed by atoms with Gasteiger partial charge in [0, 0.05) is 35.5 Å². The maximum absolute atomic E-state index is 13.6. The molecule has 3 aliphatic rings. The van der Waals surface area contributed by atoms with E-state index in [-0.39, 0.29) is 11.8 Å². The molecule has 0 saturated heterocycles. The van der Waals surface area contributed by atoms with E-state index < -0.39 is 35.4 Å². The molecule has 0 bridgehead atoms. The van der Waals surface area contributed by atoms with Gasteiger partial charge in [0.2, 0.25) is 11.8 Å². The van der Waals surface area contributed by atoms with E-state index in [1.165, 1.54) is 0 Å². The molecule has 9 nitrogen and oxygen atoms in total. The molecule has 2 aliphatic carbocycles. The Bertz CT molecular complexity index is 1540. The first-order chi connectivity index (χ1) is 20.4. The second-order valence-electron chi connectivity index (χ2n) is 11.5. The zero-order chi connectivity index (χ0) is 29.3. The molecule has 1 aliphatic heterocycles. The summed E-state index contributed by atoms with van der Waals surface area (Å²) in [4.78, 5) is 44.0. The van der Waals surface area contributed by atoms with Crippen molar-refractivity contribution in [2.45, 2.75) is 50.2 Å². The van der Waals surface area contributed by atoms with Crippen LogP contribution < -0.4 is 20.1 Å². The van der Waals surface area contributed by atoms with Gasteiger partial charge >= 0.3 is 5.97 Å². The molecular weight excluding hydrogens is 534 g/mol. The SMILES string of the molecule is COc1ccc2c(OC3CC4C(=O)NCCCCC=CC5CC5(C(=O)O)NC(=O)C4C3)cc(-c3ccccc3)nc2c1. The zero-order valence-corrected chi connectivity index (χ0v) is 23.5. The van der Waals surface area contributed by atoms with E-state index in [4.69, 9.17) is 14.5 Å². The van der Waals surface area contributed by atoms with Crippen molar-refractivity contribution in [2.75, 3.05) is 13.7 Å². The van der Waals surface area contributed by atoms with Gasteiger partial charge < -0.3 is 25.2 Å². The fourth-order valence-electron chi connectivity index (χ4n) is 6.27. The van der Waals surface area contributed by atoms with Crippen molar-refractivity contribution in [2.24, 2.45) is 17.8 Å². The number of hydrogen-bond acceptors (Lipinski definition) is 6. The number of methoxy groups -OCH3 is 1. The van der Waals surface area contributed by atoms with E-state index in [1.807, 2.05) is 66.7 Å².